The van der Waals surface area contributed by atoms with Crippen molar-refractivity contribution in [2.75, 3.05) is 6.54 Å². The quantitative estimate of drug-likeness (QED) is 0.741. The fraction of sp³-hybridized carbons (Fsp3) is 0.929. The molecule has 0 aromatic carbocycles. The smallest absolute Gasteiger partial charge is 0.221 e. The molecule has 1 amide bonds. The minimum Gasteiger partial charge on any atom is -0.353 e. The van der Waals surface area contributed by atoms with Gasteiger partial charge in [0.1, 0.15) is 0 Å². The molecule has 1 heterocycles. The first-order valence-electron chi connectivity index (χ1n) is 7.37. The highest BCUT2D eigenvalue weighted by Crippen LogP contribution is 2.17. The summed E-state index contributed by atoms with van der Waals surface area (Å²) in [6.45, 7) is 1.08. The molecule has 3 nitrogen and oxygen atoms in total. The van der Waals surface area contributed by atoms with Crippen molar-refractivity contribution in [2.24, 2.45) is 0 Å². The molecule has 0 spiro atoms. The summed E-state index contributed by atoms with van der Waals surface area (Å²) in [5.74, 6) is 0.260. The summed E-state index contributed by atoms with van der Waals surface area (Å²) in [5, 5.41) is 6.67. The minimum atomic E-state index is 0.260. The average molecular weight is 238 g/mol. The van der Waals surface area contributed by atoms with E-state index < -0.39 is 0 Å². The van der Waals surface area contributed by atoms with Crippen LogP contribution < -0.4 is 10.6 Å². The van der Waals surface area contributed by atoms with E-state index in [1.807, 2.05) is 0 Å². The molecule has 2 N–H and O–H groups in total. The molecule has 1 saturated heterocycles. The van der Waals surface area contributed by atoms with E-state index >= 15 is 0 Å². The molecule has 0 radical (unpaired) electrons. The van der Waals surface area contributed by atoms with E-state index in [0.29, 0.717) is 18.5 Å². The number of amides is 1. The van der Waals surface area contributed by atoms with E-state index in [1.54, 1.807) is 0 Å². The standard InChI is InChI=1S/C14H26N2O/c17-14(11-13-9-5-6-10-15-13)16-12-7-3-1-2-4-8-12/h12-13,15H,1-11H2,(H,16,17). The average Bonchev–Trinajstić information content (AvgIpc) is 2.59. The van der Waals surface area contributed by atoms with E-state index in [2.05, 4.69) is 10.6 Å². The highest BCUT2D eigenvalue weighted by atomic mass is 16.1. The summed E-state index contributed by atoms with van der Waals surface area (Å²) in [4.78, 5) is 11.9. The lowest BCUT2D eigenvalue weighted by Crippen LogP contribution is -2.41. The zero-order valence-electron chi connectivity index (χ0n) is 10.8. The van der Waals surface area contributed by atoms with Gasteiger partial charge in [-0.1, -0.05) is 32.1 Å². The predicted molar refractivity (Wildman–Crippen MR) is 69.9 cm³/mol. The Balaban J connectivity index is 1.68. The molecule has 1 aliphatic carbocycles. The Morgan fingerprint density at radius 2 is 1.71 bits per heavy atom. The van der Waals surface area contributed by atoms with Gasteiger partial charge in [-0.3, -0.25) is 4.79 Å². The van der Waals surface area contributed by atoms with Gasteiger partial charge >= 0.3 is 0 Å². The molecule has 0 aromatic rings. The van der Waals surface area contributed by atoms with E-state index in [1.165, 1.54) is 51.4 Å². The summed E-state index contributed by atoms with van der Waals surface area (Å²) in [7, 11) is 0. The Morgan fingerprint density at radius 1 is 1.00 bits per heavy atom. The van der Waals surface area contributed by atoms with E-state index in [9.17, 15) is 4.79 Å². The lowest BCUT2D eigenvalue weighted by atomic mass is 10.0. The summed E-state index contributed by atoms with van der Waals surface area (Å²) < 4.78 is 0. The van der Waals surface area contributed by atoms with E-state index in [4.69, 9.17) is 0 Å². The van der Waals surface area contributed by atoms with Crippen LogP contribution in [0.4, 0.5) is 0 Å². The van der Waals surface area contributed by atoms with Crippen molar-refractivity contribution >= 4 is 5.91 Å². The number of piperidine rings is 1. The highest BCUT2D eigenvalue weighted by Gasteiger charge is 2.19. The maximum atomic E-state index is 11.9. The molecule has 2 rings (SSSR count). The SMILES string of the molecule is O=C(CC1CCCCN1)NC1CCCCCC1. The van der Waals surface area contributed by atoms with Gasteiger partial charge in [0.25, 0.3) is 0 Å². The van der Waals surface area contributed by atoms with Crippen molar-refractivity contribution in [1.82, 2.24) is 10.6 Å². The fourth-order valence-corrected chi connectivity index (χ4v) is 3.03. The molecule has 2 aliphatic rings. The zero-order chi connectivity index (χ0) is 11.9. The second kappa shape index (κ2) is 7.00. The monoisotopic (exact) mass is 238 g/mol. The molecule has 0 aromatic heterocycles. The lowest BCUT2D eigenvalue weighted by Gasteiger charge is -2.24. The molecule has 1 atom stereocenters. The van der Waals surface area contributed by atoms with Crippen molar-refractivity contribution in [3.63, 3.8) is 0 Å². The molecule has 17 heavy (non-hydrogen) atoms. The lowest BCUT2D eigenvalue weighted by molar-refractivity contribution is -0.122. The van der Waals surface area contributed by atoms with Crippen molar-refractivity contribution in [1.29, 1.82) is 0 Å². The van der Waals surface area contributed by atoms with Gasteiger partial charge in [0, 0.05) is 18.5 Å². The first kappa shape index (κ1) is 12.9. The van der Waals surface area contributed by atoms with Gasteiger partial charge in [0.2, 0.25) is 5.91 Å². The fourth-order valence-electron chi connectivity index (χ4n) is 3.03. The van der Waals surface area contributed by atoms with Gasteiger partial charge in [0.05, 0.1) is 0 Å². The molecule has 1 aliphatic heterocycles. The second-order valence-corrected chi connectivity index (χ2v) is 5.61. The van der Waals surface area contributed by atoms with Gasteiger partial charge in [-0.05, 0) is 32.2 Å². The van der Waals surface area contributed by atoms with E-state index in [-0.39, 0.29) is 5.91 Å². The van der Waals surface area contributed by atoms with Gasteiger partial charge < -0.3 is 10.6 Å². The molecule has 1 saturated carbocycles. The third-order valence-corrected chi connectivity index (χ3v) is 4.06. The molecule has 98 valence electrons. The Morgan fingerprint density at radius 3 is 2.35 bits per heavy atom. The number of carbonyl (C=O) groups is 1. The van der Waals surface area contributed by atoms with Crippen LogP contribution in [-0.4, -0.2) is 24.5 Å². The van der Waals surface area contributed by atoms with Crippen LogP contribution in [-0.2, 0) is 4.79 Å². The van der Waals surface area contributed by atoms with Crippen LogP contribution in [0.15, 0.2) is 0 Å². The van der Waals surface area contributed by atoms with Crippen LogP contribution in [0.2, 0.25) is 0 Å². The topological polar surface area (TPSA) is 41.1 Å². The summed E-state index contributed by atoms with van der Waals surface area (Å²) in [6, 6.07) is 0.878. The molecule has 1 unspecified atom stereocenters. The first-order valence-corrected chi connectivity index (χ1v) is 7.37. The third kappa shape index (κ3) is 4.66. The number of hydrogen-bond donors (Lipinski definition) is 2. The predicted octanol–water partition coefficient (Wildman–Crippen LogP) is 2.36. The van der Waals surface area contributed by atoms with Crippen molar-refractivity contribution < 1.29 is 4.79 Å². The zero-order valence-corrected chi connectivity index (χ0v) is 10.8. The van der Waals surface area contributed by atoms with Crippen LogP contribution >= 0.6 is 0 Å². The van der Waals surface area contributed by atoms with Crippen molar-refractivity contribution in [3.05, 3.63) is 0 Å². The molecule has 3 heteroatoms. The van der Waals surface area contributed by atoms with Crippen molar-refractivity contribution in [2.45, 2.75) is 76.3 Å². The van der Waals surface area contributed by atoms with Crippen LogP contribution in [0.5, 0.6) is 0 Å². The summed E-state index contributed by atoms with van der Waals surface area (Å²) >= 11 is 0. The first-order chi connectivity index (χ1) is 8.34. The van der Waals surface area contributed by atoms with Crippen molar-refractivity contribution in [3.8, 4) is 0 Å². The number of nitrogens with one attached hydrogen (secondary N) is 2. The molecule has 0 bridgehead atoms. The normalized spacial score (nSPS) is 27.4. The maximum Gasteiger partial charge on any atom is 0.221 e. The number of carbonyl (C=O) groups excluding carboxylic acids is 1. The van der Waals surface area contributed by atoms with Crippen LogP contribution in [0, 0.1) is 0 Å². The summed E-state index contributed by atoms with van der Waals surface area (Å²) in [5.41, 5.74) is 0. The van der Waals surface area contributed by atoms with Crippen LogP contribution in [0.25, 0.3) is 0 Å². The molecule has 2 fully saturated rings. The molecular formula is C14H26N2O. The maximum absolute atomic E-state index is 11.9. The molecular weight excluding hydrogens is 212 g/mol. The van der Waals surface area contributed by atoms with Crippen LogP contribution in [0.3, 0.4) is 0 Å². The summed E-state index contributed by atoms with van der Waals surface area (Å²) in [6.07, 6.45) is 12.0. The Hall–Kier alpha value is -0.570. The number of rotatable bonds is 3. The Labute approximate surface area is 105 Å². The van der Waals surface area contributed by atoms with Gasteiger partial charge in [-0.2, -0.15) is 0 Å². The Kier molecular flexibility index (Phi) is 5.30. The highest BCUT2D eigenvalue weighted by molar-refractivity contribution is 5.76. The second-order valence-electron chi connectivity index (χ2n) is 5.61. The van der Waals surface area contributed by atoms with Crippen LogP contribution in [0.1, 0.15) is 64.2 Å². The number of hydrogen-bond acceptors (Lipinski definition) is 2. The van der Waals surface area contributed by atoms with Gasteiger partial charge in [-0.25, -0.2) is 0 Å². The third-order valence-electron chi connectivity index (χ3n) is 4.06. The minimum absolute atomic E-state index is 0.260. The van der Waals surface area contributed by atoms with E-state index in [0.717, 1.165) is 13.0 Å². The Bertz CT molecular complexity index is 228. The largest absolute Gasteiger partial charge is 0.353 e. The van der Waals surface area contributed by atoms with Gasteiger partial charge in [-0.15, -0.1) is 0 Å². The van der Waals surface area contributed by atoms with Gasteiger partial charge in [0.15, 0.2) is 0 Å².